The molecule has 1 heterocycles. The molecule has 0 amide bonds. The number of aromatic nitrogens is 2. The highest BCUT2D eigenvalue weighted by atomic mass is 35.5. The lowest BCUT2D eigenvalue weighted by atomic mass is 10.1. The van der Waals surface area contributed by atoms with E-state index in [1.165, 1.54) is 6.33 Å². The first-order valence-electron chi connectivity index (χ1n) is 6.41. The summed E-state index contributed by atoms with van der Waals surface area (Å²) < 4.78 is 0. The average molecular weight is 315 g/mol. The number of nitrogen functional groups attached to an aromatic ring is 1. The first kappa shape index (κ1) is 14.2. The zero-order valence-corrected chi connectivity index (χ0v) is 12.3. The van der Waals surface area contributed by atoms with Gasteiger partial charge < -0.3 is 11.1 Å². The second-order valence-corrected chi connectivity index (χ2v) is 5.23. The van der Waals surface area contributed by atoms with E-state index in [1.807, 2.05) is 19.1 Å². The number of nitrogens with one attached hydrogen (secondary N) is 1. The molecule has 0 aliphatic heterocycles. The molecule has 110 valence electrons. The molecule has 3 aromatic rings. The van der Waals surface area contributed by atoms with Crippen LogP contribution in [0.4, 0.5) is 17.2 Å². The van der Waals surface area contributed by atoms with Crippen LogP contribution in [0.25, 0.3) is 11.3 Å². The Bertz CT molecular complexity index is 945. The largest absolute Gasteiger partial charge is 0.394 e. The first-order valence-corrected chi connectivity index (χ1v) is 6.79. The summed E-state index contributed by atoms with van der Waals surface area (Å²) in [6.07, 6.45) is 1.36. The summed E-state index contributed by atoms with van der Waals surface area (Å²) in [5.41, 5.74) is 6.62. The van der Waals surface area contributed by atoms with Crippen LogP contribution in [0, 0.1) is 6.92 Å². The van der Waals surface area contributed by atoms with E-state index in [-0.39, 0.29) is 11.4 Å². The number of halogens is 1. The fraction of sp³-hybridized carbons (Fsp3) is 0.0667. The molecule has 2 aromatic carbocycles. The van der Waals surface area contributed by atoms with Gasteiger partial charge in [0.15, 0.2) is 0 Å². The molecule has 0 spiro atoms. The van der Waals surface area contributed by atoms with Gasteiger partial charge in [0.2, 0.25) is 0 Å². The topological polar surface area (TPSA) is 98.0 Å². The number of aryl methyl sites for hydroxylation is 1. The monoisotopic (exact) mass is 314 g/mol. The highest BCUT2D eigenvalue weighted by Gasteiger charge is 2.18. The van der Waals surface area contributed by atoms with E-state index in [4.69, 9.17) is 17.3 Å². The van der Waals surface area contributed by atoms with Crippen LogP contribution in [0.2, 0.25) is 5.02 Å². The molecule has 0 bridgehead atoms. The minimum atomic E-state index is -0.676. The van der Waals surface area contributed by atoms with Gasteiger partial charge in [-0.15, -0.1) is 0 Å². The summed E-state index contributed by atoms with van der Waals surface area (Å²) in [6, 6.07) is 7.20. The number of nitrogens with zero attached hydrogens (tertiary/aromatic N) is 2. The minimum absolute atomic E-state index is 0.0712. The fourth-order valence-electron chi connectivity index (χ4n) is 2.05. The third-order valence-corrected chi connectivity index (χ3v) is 3.75. The van der Waals surface area contributed by atoms with E-state index >= 15 is 0 Å². The Kier molecular flexibility index (Phi) is 3.38. The van der Waals surface area contributed by atoms with Gasteiger partial charge in [-0.2, -0.15) is 0 Å². The molecule has 22 heavy (non-hydrogen) atoms. The maximum Gasteiger partial charge on any atom is 0.253 e. The Morgan fingerprint density at radius 2 is 1.91 bits per heavy atom. The van der Waals surface area contributed by atoms with Crippen LogP contribution in [0.15, 0.2) is 40.2 Å². The molecule has 0 unspecified atom stereocenters. The fourth-order valence-corrected chi connectivity index (χ4v) is 2.17. The molecule has 0 aliphatic rings. The van der Waals surface area contributed by atoms with E-state index in [0.717, 1.165) is 11.1 Å². The van der Waals surface area contributed by atoms with Gasteiger partial charge in [-0.3, -0.25) is 9.59 Å². The normalized spacial score (nSPS) is 10.8. The van der Waals surface area contributed by atoms with Gasteiger partial charge in [0.25, 0.3) is 10.9 Å². The van der Waals surface area contributed by atoms with E-state index in [2.05, 4.69) is 15.3 Å². The van der Waals surface area contributed by atoms with Gasteiger partial charge in [-0.1, -0.05) is 17.7 Å². The highest BCUT2D eigenvalue weighted by molar-refractivity contribution is 6.31. The lowest BCUT2D eigenvalue weighted by Gasteiger charge is -2.10. The van der Waals surface area contributed by atoms with Gasteiger partial charge in [0.1, 0.15) is 23.5 Å². The van der Waals surface area contributed by atoms with Crippen molar-refractivity contribution in [3.63, 3.8) is 0 Å². The van der Waals surface area contributed by atoms with Crippen molar-refractivity contribution in [2.75, 3.05) is 11.1 Å². The number of nitrogens with two attached hydrogens (primary N) is 1. The second-order valence-electron chi connectivity index (χ2n) is 4.82. The van der Waals surface area contributed by atoms with E-state index in [0.29, 0.717) is 16.5 Å². The predicted octanol–water partition coefficient (Wildman–Crippen LogP) is 2.03. The molecule has 6 nitrogen and oxygen atoms in total. The van der Waals surface area contributed by atoms with Crippen molar-refractivity contribution in [3.8, 4) is 11.3 Å². The molecule has 1 aromatic heterocycles. The molecule has 7 heteroatoms. The van der Waals surface area contributed by atoms with Crippen LogP contribution in [0.5, 0.6) is 0 Å². The molecule has 0 atom stereocenters. The van der Waals surface area contributed by atoms with Gasteiger partial charge >= 0.3 is 0 Å². The number of anilines is 3. The third-order valence-electron chi connectivity index (χ3n) is 3.32. The van der Waals surface area contributed by atoms with Gasteiger partial charge in [0.05, 0.1) is 5.69 Å². The third kappa shape index (κ3) is 2.33. The van der Waals surface area contributed by atoms with Crippen LogP contribution in [0.1, 0.15) is 5.56 Å². The van der Waals surface area contributed by atoms with Crippen molar-refractivity contribution in [1.82, 2.24) is 9.97 Å². The zero-order valence-electron chi connectivity index (χ0n) is 11.6. The molecule has 0 saturated carbocycles. The van der Waals surface area contributed by atoms with Crippen molar-refractivity contribution in [2.45, 2.75) is 6.92 Å². The quantitative estimate of drug-likeness (QED) is 0.718. The maximum absolute atomic E-state index is 11.4. The van der Waals surface area contributed by atoms with Crippen molar-refractivity contribution in [3.05, 3.63) is 61.6 Å². The summed E-state index contributed by atoms with van der Waals surface area (Å²) in [5, 5.41) is 3.43. The SMILES string of the molecule is Cc1cc(-c2cc(Nc3c(N)c(=O)c3=O)ncn2)ccc1Cl. The van der Waals surface area contributed by atoms with Crippen LogP contribution in [-0.2, 0) is 0 Å². The number of benzene rings is 1. The predicted molar refractivity (Wildman–Crippen MR) is 86.3 cm³/mol. The Balaban J connectivity index is 1.95. The van der Waals surface area contributed by atoms with Crippen molar-refractivity contribution >= 4 is 28.8 Å². The summed E-state index contributed by atoms with van der Waals surface area (Å²) in [6.45, 7) is 1.90. The summed E-state index contributed by atoms with van der Waals surface area (Å²) in [5.74, 6) is 0.386. The summed E-state index contributed by atoms with van der Waals surface area (Å²) in [4.78, 5) is 30.7. The van der Waals surface area contributed by atoms with Crippen LogP contribution in [0.3, 0.4) is 0 Å². The van der Waals surface area contributed by atoms with E-state index < -0.39 is 10.9 Å². The lowest BCUT2D eigenvalue weighted by molar-refractivity contribution is 1.17. The Morgan fingerprint density at radius 1 is 1.14 bits per heavy atom. The average Bonchev–Trinajstić information content (AvgIpc) is 2.54. The minimum Gasteiger partial charge on any atom is -0.394 e. The number of rotatable bonds is 3. The van der Waals surface area contributed by atoms with Crippen LogP contribution in [-0.4, -0.2) is 9.97 Å². The maximum atomic E-state index is 11.4. The lowest BCUT2D eigenvalue weighted by Crippen LogP contribution is -2.36. The summed E-state index contributed by atoms with van der Waals surface area (Å²) >= 11 is 6.01. The van der Waals surface area contributed by atoms with Crippen LogP contribution < -0.4 is 21.9 Å². The Morgan fingerprint density at radius 3 is 2.59 bits per heavy atom. The molecular formula is C15H11ClN4O2. The van der Waals surface area contributed by atoms with Gasteiger partial charge in [0, 0.05) is 16.7 Å². The molecule has 0 fully saturated rings. The Labute approximate surface area is 130 Å². The van der Waals surface area contributed by atoms with E-state index in [9.17, 15) is 9.59 Å². The Hall–Kier alpha value is -2.73. The number of hydrogen-bond donors (Lipinski definition) is 2. The molecule has 0 radical (unpaired) electrons. The smallest absolute Gasteiger partial charge is 0.253 e. The molecule has 0 saturated heterocycles. The summed E-state index contributed by atoms with van der Waals surface area (Å²) in [7, 11) is 0. The van der Waals surface area contributed by atoms with Crippen LogP contribution >= 0.6 is 11.6 Å². The van der Waals surface area contributed by atoms with Gasteiger partial charge in [-0.05, 0) is 24.6 Å². The molecular weight excluding hydrogens is 304 g/mol. The number of hydrogen-bond acceptors (Lipinski definition) is 6. The molecule has 3 rings (SSSR count). The molecule has 0 aliphatic carbocycles. The van der Waals surface area contributed by atoms with Gasteiger partial charge in [-0.25, -0.2) is 9.97 Å². The first-order chi connectivity index (χ1) is 10.5. The standard InChI is InChI=1S/C15H11ClN4O2/c1-7-4-8(2-3-9(7)16)10-5-11(19-6-18-10)20-13-12(17)14(21)15(13)22/h2-6H,17H2,1H3,(H,18,19,20). The van der Waals surface area contributed by atoms with Crippen molar-refractivity contribution in [2.24, 2.45) is 0 Å². The van der Waals surface area contributed by atoms with Crippen molar-refractivity contribution in [1.29, 1.82) is 0 Å². The second kappa shape index (κ2) is 5.23. The van der Waals surface area contributed by atoms with E-state index in [1.54, 1.807) is 12.1 Å². The molecule has 3 N–H and O–H groups in total. The zero-order chi connectivity index (χ0) is 15.9. The van der Waals surface area contributed by atoms with Crippen molar-refractivity contribution < 1.29 is 0 Å². The highest BCUT2D eigenvalue weighted by Crippen LogP contribution is 2.25.